The van der Waals surface area contributed by atoms with Gasteiger partial charge in [-0.25, -0.2) is 0 Å². The molecule has 1 aliphatic carbocycles. The molecule has 0 aliphatic heterocycles. The Kier molecular flexibility index (Phi) is 7.46. The van der Waals surface area contributed by atoms with Crippen molar-refractivity contribution >= 4 is 11.4 Å². The Morgan fingerprint density at radius 1 is 0.784 bits per heavy atom. The highest BCUT2D eigenvalue weighted by molar-refractivity contribution is 5.97. The zero-order valence-electron chi connectivity index (χ0n) is 21.7. The van der Waals surface area contributed by atoms with E-state index in [1.54, 1.807) is 0 Å². The van der Waals surface area contributed by atoms with Crippen molar-refractivity contribution < 1.29 is 0 Å². The van der Waals surface area contributed by atoms with Gasteiger partial charge in [0.15, 0.2) is 0 Å². The van der Waals surface area contributed by atoms with Crippen molar-refractivity contribution in [3.63, 3.8) is 0 Å². The summed E-state index contributed by atoms with van der Waals surface area (Å²) >= 11 is 0. The molecule has 0 aromatic heterocycles. The van der Waals surface area contributed by atoms with E-state index in [4.69, 9.17) is 5.73 Å². The Morgan fingerprint density at radius 2 is 1.49 bits per heavy atom. The molecule has 0 bridgehead atoms. The second kappa shape index (κ2) is 11.3. The monoisotopic (exact) mass is 482 g/mol. The molecule has 4 aromatic rings. The fourth-order valence-corrected chi connectivity index (χ4v) is 4.98. The van der Waals surface area contributed by atoms with Gasteiger partial charge >= 0.3 is 0 Å². The quantitative estimate of drug-likeness (QED) is 0.207. The number of benzene rings is 4. The summed E-state index contributed by atoms with van der Waals surface area (Å²) in [5, 5.41) is 0. The Balaban J connectivity index is 1.36. The van der Waals surface area contributed by atoms with Crippen LogP contribution in [0.3, 0.4) is 0 Å². The van der Waals surface area contributed by atoms with Gasteiger partial charge in [0.1, 0.15) is 5.84 Å². The first-order chi connectivity index (χ1) is 18.1. The van der Waals surface area contributed by atoms with Crippen molar-refractivity contribution in [3.8, 4) is 22.3 Å². The lowest BCUT2D eigenvalue weighted by molar-refractivity contribution is 0.868. The number of amidine groups is 1. The molecule has 2 N–H and O–H groups in total. The maximum atomic E-state index is 6.35. The van der Waals surface area contributed by atoms with Gasteiger partial charge in [0.05, 0.1) is 6.54 Å². The van der Waals surface area contributed by atoms with Gasteiger partial charge in [0.2, 0.25) is 0 Å². The lowest BCUT2D eigenvalue weighted by Gasteiger charge is -2.20. The van der Waals surface area contributed by atoms with Crippen LogP contribution in [-0.2, 0) is 6.54 Å². The second-order valence-electron chi connectivity index (χ2n) is 9.93. The zero-order valence-corrected chi connectivity index (χ0v) is 21.7. The third-order valence-corrected chi connectivity index (χ3v) is 7.04. The number of allylic oxidation sites excluding steroid dienone is 4. The molecule has 0 saturated carbocycles. The van der Waals surface area contributed by atoms with E-state index in [0.29, 0.717) is 18.3 Å². The molecule has 0 heterocycles. The molecule has 0 fully saturated rings. The summed E-state index contributed by atoms with van der Waals surface area (Å²) in [5.41, 5.74) is 17.6. The van der Waals surface area contributed by atoms with E-state index < -0.39 is 0 Å². The Labute approximate surface area is 220 Å². The van der Waals surface area contributed by atoms with Gasteiger partial charge in [-0.2, -0.15) is 0 Å². The number of hydrogen-bond donors (Lipinski definition) is 1. The van der Waals surface area contributed by atoms with Crippen molar-refractivity contribution in [2.24, 2.45) is 10.7 Å². The molecule has 0 spiro atoms. The molecule has 5 rings (SSSR count). The minimum Gasteiger partial charge on any atom is -0.383 e. The minimum absolute atomic E-state index is 0.451. The first-order valence-corrected chi connectivity index (χ1v) is 13.1. The topological polar surface area (TPSA) is 38.4 Å². The number of nitrogens with two attached hydrogens (primary N) is 1. The molecule has 2 nitrogen and oxygen atoms in total. The Bertz CT molecular complexity index is 1440. The highest BCUT2D eigenvalue weighted by Gasteiger charge is 2.16. The fourth-order valence-electron chi connectivity index (χ4n) is 4.98. The van der Waals surface area contributed by atoms with Gasteiger partial charge in [-0.3, -0.25) is 4.99 Å². The smallest absolute Gasteiger partial charge is 0.125 e. The predicted molar refractivity (Wildman–Crippen MR) is 159 cm³/mol. The van der Waals surface area contributed by atoms with Crippen LogP contribution in [-0.4, -0.2) is 5.84 Å². The van der Waals surface area contributed by atoms with Crippen LogP contribution in [0.2, 0.25) is 0 Å². The maximum Gasteiger partial charge on any atom is 0.125 e. The van der Waals surface area contributed by atoms with Gasteiger partial charge in [-0.15, -0.1) is 0 Å². The van der Waals surface area contributed by atoms with Gasteiger partial charge in [0, 0.05) is 5.56 Å². The molecule has 4 aromatic carbocycles. The van der Waals surface area contributed by atoms with Gasteiger partial charge in [0.25, 0.3) is 0 Å². The van der Waals surface area contributed by atoms with E-state index in [-0.39, 0.29) is 0 Å². The first-order valence-electron chi connectivity index (χ1n) is 13.1. The standard InChI is InChI=1S/C35H34N2/c1-25(2)32-14-9-15-33(29-12-7-4-8-13-29)34(32)30-18-16-26(17-19-30)24-37-35(36)31-22-20-28(21-23-31)27-10-5-3-6-11-27/h3-7,9-12,14-23,25H,8,13,24H2,1-2H3,(H2,36,37). The summed E-state index contributed by atoms with van der Waals surface area (Å²) in [6.45, 7) is 5.10. The fraction of sp³-hybridized carbons (Fsp3) is 0.171. The molecule has 0 atom stereocenters. The van der Waals surface area contributed by atoms with Gasteiger partial charge < -0.3 is 5.73 Å². The summed E-state index contributed by atoms with van der Waals surface area (Å²) in [7, 11) is 0. The van der Waals surface area contributed by atoms with Crippen LogP contribution >= 0.6 is 0 Å². The summed E-state index contributed by atoms with van der Waals surface area (Å²) in [5.74, 6) is 1.01. The lowest BCUT2D eigenvalue weighted by atomic mass is 9.84. The van der Waals surface area contributed by atoms with Crippen molar-refractivity contribution in [2.45, 2.75) is 39.2 Å². The molecule has 0 amide bonds. The summed E-state index contributed by atoms with van der Waals surface area (Å²) in [6.07, 6.45) is 8.89. The molecule has 1 aliphatic rings. The molecular weight excluding hydrogens is 448 g/mol. The van der Waals surface area contributed by atoms with Crippen molar-refractivity contribution in [1.29, 1.82) is 0 Å². The van der Waals surface area contributed by atoms with E-state index in [1.165, 1.54) is 39.0 Å². The van der Waals surface area contributed by atoms with E-state index >= 15 is 0 Å². The van der Waals surface area contributed by atoms with Crippen LogP contribution in [0.15, 0.2) is 120 Å². The summed E-state index contributed by atoms with van der Waals surface area (Å²) < 4.78 is 0. The van der Waals surface area contributed by atoms with Crippen molar-refractivity contribution in [2.75, 3.05) is 0 Å². The number of rotatable bonds is 7. The lowest BCUT2D eigenvalue weighted by Crippen LogP contribution is -2.13. The molecule has 37 heavy (non-hydrogen) atoms. The van der Waals surface area contributed by atoms with Crippen LogP contribution in [0, 0.1) is 0 Å². The van der Waals surface area contributed by atoms with E-state index in [1.807, 2.05) is 18.2 Å². The number of hydrogen-bond acceptors (Lipinski definition) is 1. The molecule has 184 valence electrons. The Hall–Kier alpha value is -4.17. The van der Waals surface area contributed by atoms with Crippen LogP contribution in [0.5, 0.6) is 0 Å². The second-order valence-corrected chi connectivity index (χ2v) is 9.93. The Morgan fingerprint density at radius 3 is 2.16 bits per heavy atom. The van der Waals surface area contributed by atoms with Crippen LogP contribution < -0.4 is 5.73 Å². The largest absolute Gasteiger partial charge is 0.383 e. The van der Waals surface area contributed by atoms with Crippen molar-refractivity contribution in [3.05, 3.63) is 138 Å². The third kappa shape index (κ3) is 5.65. The maximum absolute atomic E-state index is 6.35. The number of aliphatic imine (C=N–C) groups is 1. The molecule has 0 unspecified atom stereocenters. The summed E-state index contributed by atoms with van der Waals surface area (Å²) in [4.78, 5) is 4.68. The SMILES string of the molecule is CC(C)c1cccc(C2=CC=CCC2)c1-c1ccc(C/N=C(\N)c2ccc(-c3ccccc3)cc2)cc1. The van der Waals surface area contributed by atoms with E-state index in [9.17, 15) is 0 Å². The first kappa shape index (κ1) is 24.5. The van der Waals surface area contributed by atoms with Crippen LogP contribution in [0.4, 0.5) is 0 Å². The minimum atomic E-state index is 0.451. The van der Waals surface area contributed by atoms with Crippen molar-refractivity contribution in [1.82, 2.24) is 0 Å². The van der Waals surface area contributed by atoms with Crippen LogP contribution in [0.1, 0.15) is 54.9 Å². The molecule has 0 saturated heterocycles. The number of nitrogens with zero attached hydrogens (tertiary/aromatic N) is 1. The normalized spacial score (nSPS) is 13.6. The molecule has 2 heteroatoms. The summed E-state index contributed by atoms with van der Waals surface area (Å²) in [6, 6.07) is 34.2. The molecular formula is C35H34N2. The van der Waals surface area contributed by atoms with E-state index in [2.05, 4.69) is 116 Å². The third-order valence-electron chi connectivity index (χ3n) is 7.04. The predicted octanol–water partition coefficient (Wildman–Crippen LogP) is 8.78. The zero-order chi connectivity index (χ0) is 25.6. The average Bonchev–Trinajstić information content (AvgIpc) is 2.97. The highest BCUT2D eigenvalue weighted by atomic mass is 14.8. The van der Waals surface area contributed by atoms with E-state index in [0.717, 1.165) is 24.0 Å². The average molecular weight is 483 g/mol. The van der Waals surface area contributed by atoms with Gasteiger partial charge in [-0.1, -0.05) is 129 Å². The molecule has 0 radical (unpaired) electrons. The van der Waals surface area contributed by atoms with Crippen LogP contribution in [0.25, 0.3) is 27.8 Å². The van der Waals surface area contributed by atoms with Gasteiger partial charge in [-0.05, 0) is 63.3 Å². The highest BCUT2D eigenvalue weighted by Crippen LogP contribution is 2.38.